The summed E-state index contributed by atoms with van der Waals surface area (Å²) in [6, 6.07) is 6.80. The highest BCUT2D eigenvalue weighted by atomic mass is 15.2. The molecule has 76 valence electrons. The Labute approximate surface area is 87.9 Å². The van der Waals surface area contributed by atoms with Gasteiger partial charge in [0.1, 0.15) is 11.3 Å². The van der Waals surface area contributed by atoms with Gasteiger partial charge in [-0.15, -0.1) is 0 Å². The quantitative estimate of drug-likeness (QED) is 0.662. The van der Waals surface area contributed by atoms with Gasteiger partial charge in [-0.1, -0.05) is 6.07 Å². The lowest BCUT2D eigenvalue weighted by molar-refractivity contribution is 0.539. The van der Waals surface area contributed by atoms with Crippen molar-refractivity contribution in [1.29, 1.82) is 0 Å². The van der Waals surface area contributed by atoms with Gasteiger partial charge in [-0.25, -0.2) is 4.98 Å². The Hall–Kier alpha value is -1.51. The Kier molecular flexibility index (Phi) is 1.21. The standard InChI is InChI=1S/C12H13N3/c13-9-2-1-3-10-11(9)14-12-7-4-5-8(6-7)15(10)12/h1-3,7-8H,4-6,13H2/t7-,8+/m1/s1. The van der Waals surface area contributed by atoms with Gasteiger partial charge in [-0.3, -0.25) is 0 Å². The van der Waals surface area contributed by atoms with Gasteiger partial charge < -0.3 is 10.3 Å². The third-order valence-corrected chi connectivity index (χ3v) is 3.91. The van der Waals surface area contributed by atoms with Crippen LogP contribution in [0.3, 0.4) is 0 Å². The summed E-state index contributed by atoms with van der Waals surface area (Å²) >= 11 is 0. The minimum absolute atomic E-state index is 0.691. The van der Waals surface area contributed by atoms with E-state index in [0.717, 1.165) is 11.2 Å². The maximum atomic E-state index is 5.95. The second kappa shape index (κ2) is 2.35. The fourth-order valence-electron chi connectivity index (χ4n) is 3.26. The maximum absolute atomic E-state index is 5.95. The smallest absolute Gasteiger partial charge is 0.113 e. The zero-order valence-electron chi connectivity index (χ0n) is 8.48. The molecule has 0 unspecified atom stereocenters. The topological polar surface area (TPSA) is 43.8 Å². The first-order chi connectivity index (χ1) is 7.34. The van der Waals surface area contributed by atoms with Crippen molar-refractivity contribution in [2.45, 2.75) is 31.2 Å². The molecule has 0 radical (unpaired) electrons. The van der Waals surface area contributed by atoms with Gasteiger partial charge in [-0.2, -0.15) is 0 Å². The third kappa shape index (κ3) is 0.798. The monoisotopic (exact) mass is 199 g/mol. The molecule has 1 fully saturated rings. The van der Waals surface area contributed by atoms with Crippen molar-refractivity contribution in [2.75, 3.05) is 5.73 Å². The molecule has 3 nitrogen and oxygen atoms in total. The molecule has 3 heteroatoms. The summed E-state index contributed by atoms with van der Waals surface area (Å²) in [7, 11) is 0. The fraction of sp³-hybridized carbons (Fsp3) is 0.417. The van der Waals surface area contributed by atoms with E-state index in [1.807, 2.05) is 12.1 Å². The summed E-state index contributed by atoms with van der Waals surface area (Å²) < 4.78 is 2.42. The molecule has 1 aliphatic heterocycles. The van der Waals surface area contributed by atoms with Crippen molar-refractivity contribution < 1.29 is 0 Å². The Morgan fingerprint density at radius 2 is 2.27 bits per heavy atom. The minimum Gasteiger partial charge on any atom is -0.397 e. The molecule has 1 aromatic carbocycles. The molecular formula is C12H13N3. The van der Waals surface area contributed by atoms with Gasteiger partial charge in [0.2, 0.25) is 0 Å². The van der Waals surface area contributed by atoms with Crippen LogP contribution in [0.1, 0.15) is 37.0 Å². The Bertz CT molecular complexity index is 555. The van der Waals surface area contributed by atoms with E-state index in [1.54, 1.807) is 0 Å². The zero-order chi connectivity index (χ0) is 9.99. The van der Waals surface area contributed by atoms with Crippen molar-refractivity contribution >= 4 is 16.7 Å². The molecule has 2 bridgehead atoms. The van der Waals surface area contributed by atoms with Crippen LogP contribution in [0.2, 0.25) is 0 Å². The molecule has 1 aliphatic carbocycles. The first kappa shape index (κ1) is 7.74. The number of para-hydroxylation sites is 1. The van der Waals surface area contributed by atoms with Gasteiger partial charge >= 0.3 is 0 Å². The van der Waals surface area contributed by atoms with E-state index >= 15 is 0 Å². The second-order valence-corrected chi connectivity index (χ2v) is 4.72. The van der Waals surface area contributed by atoms with Crippen molar-refractivity contribution in [2.24, 2.45) is 0 Å². The molecule has 15 heavy (non-hydrogen) atoms. The Morgan fingerprint density at radius 1 is 1.33 bits per heavy atom. The third-order valence-electron chi connectivity index (χ3n) is 3.91. The highest BCUT2D eigenvalue weighted by molar-refractivity contribution is 5.88. The Morgan fingerprint density at radius 3 is 3.20 bits per heavy atom. The summed E-state index contributed by atoms with van der Waals surface area (Å²) in [5, 5.41) is 0. The lowest BCUT2D eigenvalue weighted by Crippen LogP contribution is -2.05. The van der Waals surface area contributed by atoms with Crippen LogP contribution in [0, 0.1) is 0 Å². The number of imidazole rings is 1. The minimum atomic E-state index is 0.691. The number of nitrogen functional groups attached to an aromatic ring is 1. The SMILES string of the molecule is Nc1cccc2c1nc1n2[C@H]2CC[C@@H]1C2. The van der Waals surface area contributed by atoms with Crippen LogP contribution in [0.15, 0.2) is 18.2 Å². The van der Waals surface area contributed by atoms with Crippen LogP contribution >= 0.6 is 0 Å². The van der Waals surface area contributed by atoms with Gasteiger partial charge in [0.15, 0.2) is 0 Å². The molecule has 2 N–H and O–H groups in total. The van der Waals surface area contributed by atoms with E-state index < -0.39 is 0 Å². The number of anilines is 1. The van der Waals surface area contributed by atoms with Crippen LogP contribution in [0.4, 0.5) is 5.69 Å². The highest BCUT2D eigenvalue weighted by Crippen LogP contribution is 2.50. The van der Waals surface area contributed by atoms with E-state index in [-0.39, 0.29) is 0 Å². The average molecular weight is 199 g/mol. The average Bonchev–Trinajstić information content (AvgIpc) is 2.87. The number of benzene rings is 1. The summed E-state index contributed by atoms with van der Waals surface area (Å²) in [6.07, 6.45) is 3.93. The number of rotatable bonds is 0. The van der Waals surface area contributed by atoms with E-state index in [1.165, 1.54) is 30.6 Å². The molecule has 2 heterocycles. The summed E-state index contributed by atoms with van der Waals surface area (Å²) in [6.45, 7) is 0. The molecule has 1 saturated carbocycles. The van der Waals surface area contributed by atoms with Crippen LogP contribution in [-0.4, -0.2) is 9.55 Å². The zero-order valence-corrected chi connectivity index (χ0v) is 8.48. The molecule has 2 aromatic rings. The van der Waals surface area contributed by atoms with E-state index in [9.17, 15) is 0 Å². The van der Waals surface area contributed by atoms with Crippen molar-refractivity contribution in [3.05, 3.63) is 24.0 Å². The number of nitrogens with two attached hydrogens (primary N) is 1. The van der Waals surface area contributed by atoms with Crippen LogP contribution in [0.5, 0.6) is 0 Å². The molecule has 0 amide bonds. The van der Waals surface area contributed by atoms with Crippen LogP contribution in [0.25, 0.3) is 11.0 Å². The number of aromatic nitrogens is 2. The Balaban J connectivity index is 2.13. The van der Waals surface area contributed by atoms with E-state index in [2.05, 4.69) is 10.6 Å². The lowest BCUT2D eigenvalue weighted by atomic mass is 10.1. The number of hydrogen-bond donors (Lipinski definition) is 1. The number of nitrogens with zero attached hydrogens (tertiary/aromatic N) is 2. The van der Waals surface area contributed by atoms with Crippen molar-refractivity contribution in [3.8, 4) is 0 Å². The summed E-state index contributed by atoms with van der Waals surface area (Å²) in [5.41, 5.74) is 9.00. The van der Waals surface area contributed by atoms with Gasteiger partial charge in [0, 0.05) is 12.0 Å². The predicted octanol–water partition coefficient (Wildman–Crippen LogP) is 2.44. The van der Waals surface area contributed by atoms with Gasteiger partial charge in [0.05, 0.1) is 11.2 Å². The molecule has 2 atom stereocenters. The van der Waals surface area contributed by atoms with Gasteiger partial charge in [-0.05, 0) is 31.4 Å². The number of fused-ring (bicyclic) bond motifs is 7. The first-order valence-electron chi connectivity index (χ1n) is 5.61. The van der Waals surface area contributed by atoms with Crippen LogP contribution in [-0.2, 0) is 0 Å². The predicted molar refractivity (Wildman–Crippen MR) is 59.8 cm³/mol. The number of hydrogen-bond acceptors (Lipinski definition) is 2. The lowest BCUT2D eigenvalue weighted by Gasteiger charge is -2.13. The van der Waals surface area contributed by atoms with Crippen LogP contribution < -0.4 is 5.73 Å². The van der Waals surface area contributed by atoms with Gasteiger partial charge in [0.25, 0.3) is 0 Å². The van der Waals surface area contributed by atoms with E-state index in [4.69, 9.17) is 10.7 Å². The summed E-state index contributed by atoms with van der Waals surface area (Å²) in [4.78, 5) is 4.71. The fourth-order valence-corrected chi connectivity index (χ4v) is 3.26. The maximum Gasteiger partial charge on any atom is 0.113 e. The second-order valence-electron chi connectivity index (χ2n) is 4.72. The molecule has 0 spiro atoms. The molecule has 1 aromatic heterocycles. The summed E-state index contributed by atoms with van der Waals surface area (Å²) in [5.74, 6) is 1.97. The van der Waals surface area contributed by atoms with Crippen molar-refractivity contribution in [1.82, 2.24) is 9.55 Å². The first-order valence-corrected chi connectivity index (χ1v) is 5.61. The molecule has 0 saturated heterocycles. The van der Waals surface area contributed by atoms with Crippen molar-refractivity contribution in [3.63, 3.8) is 0 Å². The largest absolute Gasteiger partial charge is 0.397 e. The van der Waals surface area contributed by atoms with E-state index in [0.29, 0.717) is 12.0 Å². The molecule has 2 aliphatic rings. The molecule has 4 rings (SSSR count). The normalized spacial score (nSPS) is 27.5. The highest BCUT2D eigenvalue weighted by Gasteiger charge is 2.39. The molecular weight excluding hydrogens is 186 g/mol.